The number of hydrogen-bond donors (Lipinski definition) is 8. The van der Waals surface area contributed by atoms with Crippen molar-refractivity contribution in [1.29, 1.82) is 21.6 Å². The highest BCUT2D eigenvalue weighted by atomic mass is 14.7. The molecule has 0 aliphatic carbocycles. The van der Waals surface area contributed by atoms with Crippen molar-refractivity contribution in [2.75, 3.05) is 0 Å². The number of amidine groups is 4. The third-order valence-electron chi connectivity index (χ3n) is 11.3. The van der Waals surface area contributed by atoms with E-state index in [9.17, 15) is 0 Å². The Morgan fingerprint density at radius 3 is 0.902 bits per heavy atom. The summed E-state index contributed by atoms with van der Waals surface area (Å²) in [5.41, 5.74) is 36.8. The van der Waals surface area contributed by atoms with Crippen LogP contribution in [0.3, 0.4) is 0 Å². The summed E-state index contributed by atoms with van der Waals surface area (Å²) in [5.74, 6) is -0.136. The van der Waals surface area contributed by atoms with Gasteiger partial charge in [-0.3, -0.25) is 21.6 Å². The maximum Gasteiger partial charge on any atom is 0.122 e. The first-order valence-electron chi connectivity index (χ1n) is 19.7. The number of nitrogen functional groups attached to an aromatic ring is 4. The van der Waals surface area contributed by atoms with Gasteiger partial charge in [0.05, 0.1) is 5.41 Å². The summed E-state index contributed by atoms with van der Waals surface area (Å²) in [5, 5.41) is 33.0. The van der Waals surface area contributed by atoms with Crippen LogP contribution in [0.2, 0.25) is 0 Å². The quantitative estimate of drug-likeness (QED) is 0.0346. The molecule has 0 saturated carbocycles. The number of benzene rings is 8. The summed E-state index contributed by atoms with van der Waals surface area (Å²) in [6.45, 7) is 0. The number of nitrogens with one attached hydrogen (secondary N) is 4. The van der Waals surface area contributed by atoms with Crippen molar-refractivity contribution in [2.24, 2.45) is 22.9 Å². The zero-order valence-electron chi connectivity index (χ0n) is 33.3. The topological polar surface area (TPSA) is 199 Å². The van der Waals surface area contributed by atoms with E-state index >= 15 is 0 Å². The van der Waals surface area contributed by atoms with Crippen molar-refractivity contribution in [1.82, 2.24) is 0 Å². The molecule has 8 aromatic rings. The second kappa shape index (κ2) is 16.5. The molecule has 0 atom stereocenters. The van der Waals surface area contributed by atoms with Gasteiger partial charge in [0.1, 0.15) is 23.3 Å². The highest BCUT2D eigenvalue weighted by molar-refractivity contribution is 6.06. The number of hydrogen-bond acceptors (Lipinski definition) is 4. The van der Waals surface area contributed by atoms with Gasteiger partial charge in [0.2, 0.25) is 0 Å². The van der Waals surface area contributed by atoms with Gasteiger partial charge in [-0.2, -0.15) is 0 Å². The molecule has 0 radical (unpaired) electrons. The summed E-state index contributed by atoms with van der Waals surface area (Å²) in [7, 11) is 0. The van der Waals surface area contributed by atoms with Crippen molar-refractivity contribution in [3.05, 3.63) is 239 Å². The Hall–Kier alpha value is -8.36. The van der Waals surface area contributed by atoms with E-state index in [0.717, 1.165) is 66.8 Å². The van der Waals surface area contributed by atoms with E-state index in [0.29, 0.717) is 22.3 Å². The zero-order chi connectivity index (χ0) is 42.7. The first kappa shape index (κ1) is 39.5. The lowest BCUT2D eigenvalue weighted by Crippen LogP contribution is -2.32. The maximum atomic E-state index is 8.28. The first-order chi connectivity index (χ1) is 29.6. The molecule has 8 rings (SSSR count). The molecule has 8 aromatic carbocycles. The van der Waals surface area contributed by atoms with E-state index < -0.39 is 5.41 Å². The lowest BCUT2D eigenvalue weighted by Gasteiger charge is -2.40. The van der Waals surface area contributed by atoms with Crippen molar-refractivity contribution in [3.8, 4) is 44.5 Å². The van der Waals surface area contributed by atoms with Crippen molar-refractivity contribution >= 4 is 23.3 Å². The van der Waals surface area contributed by atoms with Crippen LogP contribution >= 0.6 is 0 Å². The third-order valence-corrected chi connectivity index (χ3v) is 11.3. The molecule has 0 unspecified atom stereocenters. The largest absolute Gasteiger partial charge is 0.384 e. The van der Waals surface area contributed by atoms with Gasteiger partial charge in [-0.25, -0.2) is 0 Å². The number of nitrogens with two attached hydrogens (primary N) is 4. The van der Waals surface area contributed by atoms with E-state index in [1.165, 1.54) is 0 Å². The fourth-order valence-electron chi connectivity index (χ4n) is 8.40. The van der Waals surface area contributed by atoms with Crippen molar-refractivity contribution in [3.63, 3.8) is 0 Å². The van der Waals surface area contributed by atoms with Gasteiger partial charge in [-0.15, -0.1) is 0 Å². The van der Waals surface area contributed by atoms with Gasteiger partial charge < -0.3 is 22.9 Å². The van der Waals surface area contributed by atoms with Crippen LogP contribution in [0.5, 0.6) is 0 Å². The lowest BCUT2D eigenvalue weighted by molar-refractivity contribution is 0.748. The normalized spacial score (nSPS) is 11.1. The van der Waals surface area contributed by atoms with Gasteiger partial charge in [-0.05, 0) is 72.8 Å². The van der Waals surface area contributed by atoms with Crippen LogP contribution < -0.4 is 22.9 Å². The average molecular weight is 793 g/mol. The van der Waals surface area contributed by atoms with E-state index in [1.807, 2.05) is 115 Å². The molecule has 0 spiro atoms. The third kappa shape index (κ3) is 7.34. The van der Waals surface area contributed by atoms with E-state index in [1.54, 1.807) is 0 Å². The maximum absolute atomic E-state index is 8.28. The van der Waals surface area contributed by atoms with Crippen LogP contribution in [0.25, 0.3) is 44.5 Å². The Balaban J connectivity index is 1.67. The minimum absolute atomic E-state index is 0.0286. The monoisotopic (exact) mass is 792 g/mol. The summed E-state index contributed by atoms with van der Waals surface area (Å²) in [6.07, 6.45) is 0. The molecule has 0 heterocycles. The minimum Gasteiger partial charge on any atom is -0.384 e. The smallest absolute Gasteiger partial charge is 0.122 e. The molecule has 0 aliphatic rings. The molecular formula is C53H44N8. The molecule has 296 valence electrons. The SMILES string of the molecule is N=C(N)c1ccc(-c2cc(C(c3ccccc3)(c3ccccc3)c3ccccc3)c(-c3ccc(C(=N)N)cc3)c(-c3ccc(C(=N)N)cc3)c2-c2ccc(C(=N)N)cc2)cc1. The Labute approximate surface area is 355 Å². The second-order valence-corrected chi connectivity index (χ2v) is 14.9. The summed E-state index contributed by atoms with van der Waals surface area (Å²) in [6, 6.07) is 65.0. The van der Waals surface area contributed by atoms with Crippen molar-refractivity contribution in [2.45, 2.75) is 5.41 Å². The molecule has 0 bridgehead atoms. The van der Waals surface area contributed by atoms with E-state index in [4.69, 9.17) is 44.6 Å². The van der Waals surface area contributed by atoms with Gasteiger partial charge in [0.25, 0.3) is 0 Å². The molecule has 61 heavy (non-hydrogen) atoms. The molecule has 8 nitrogen and oxygen atoms in total. The predicted octanol–water partition coefficient (Wildman–Crippen LogP) is 9.87. The molecule has 8 heteroatoms. The highest BCUT2D eigenvalue weighted by Crippen LogP contribution is 2.55. The molecular weight excluding hydrogens is 749 g/mol. The molecule has 0 fully saturated rings. The molecule has 0 aliphatic heterocycles. The predicted molar refractivity (Wildman–Crippen MR) is 251 cm³/mol. The minimum atomic E-state index is -0.919. The van der Waals surface area contributed by atoms with Gasteiger partial charge in [0.15, 0.2) is 0 Å². The van der Waals surface area contributed by atoms with Crippen molar-refractivity contribution < 1.29 is 0 Å². The Morgan fingerprint density at radius 1 is 0.311 bits per heavy atom. The molecule has 0 saturated heterocycles. The standard InChI is InChI=1S/C53H44N8/c54-49(55)37-24-16-33(17-25-37)44-32-45(53(41-10-4-1-5-11-41,42-12-6-2-7-13-42)43-14-8-3-9-15-43)47(35-20-28-39(29-21-35)51(58)59)48(36-22-30-40(31-23-36)52(60)61)46(44)34-18-26-38(27-19-34)50(56)57/h1-32H,(H3,54,55)(H3,56,57)(H3,58,59)(H3,60,61). The molecule has 12 N–H and O–H groups in total. The Kier molecular flexibility index (Phi) is 10.7. The van der Waals surface area contributed by atoms with Gasteiger partial charge >= 0.3 is 0 Å². The lowest BCUT2D eigenvalue weighted by atomic mass is 9.61. The molecule has 0 amide bonds. The summed E-state index contributed by atoms with van der Waals surface area (Å²) in [4.78, 5) is 0. The van der Waals surface area contributed by atoms with Gasteiger partial charge in [-0.1, -0.05) is 188 Å². The van der Waals surface area contributed by atoms with Crippen LogP contribution in [0.4, 0.5) is 0 Å². The average Bonchev–Trinajstić information content (AvgIpc) is 3.30. The van der Waals surface area contributed by atoms with Crippen LogP contribution in [-0.4, -0.2) is 23.3 Å². The Bertz CT molecular complexity index is 2810. The van der Waals surface area contributed by atoms with E-state index in [2.05, 4.69) is 78.9 Å². The van der Waals surface area contributed by atoms with E-state index in [-0.39, 0.29) is 23.3 Å². The van der Waals surface area contributed by atoms with Crippen LogP contribution in [0, 0.1) is 21.6 Å². The van der Waals surface area contributed by atoms with Crippen LogP contribution in [-0.2, 0) is 5.41 Å². The van der Waals surface area contributed by atoms with Crippen LogP contribution in [0.15, 0.2) is 194 Å². The number of rotatable bonds is 12. The highest BCUT2D eigenvalue weighted by Gasteiger charge is 2.42. The second-order valence-electron chi connectivity index (χ2n) is 14.9. The van der Waals surface area contributed by atoms with Gasteiger partial charge in [0, 0.05) is 22.3 Å². The Morgan fingerprint density at radius 2 is 0.590 bits per heavy atom. The zero-order valence-corrected chi connectivity index (χ0v) is 33.3. The van der Waals surface area contributed by atoms with Crippen LogP contribution in [0.1, 0.15) is 44.5 Å². The fraction of sp³-hybridized carbons (Fsp3) is 0.0189. The summed E-state index contributed by atoms with van der Waals surface area (Å²) < 4.78 is 0. The summed E-state index contributed by atoms with van der Waals surface area (Å²) >= 11 is 0. The molecule has 0 aromatic heterocycles. The fourth-order valence-corrected chi connectivity index (χ4v) is 8.40. The first-order valence-corrected chi connectivity index (χ1v) is 19.7.